The average Bonchev–Trinajstić information content (AvgIpc) is 2.46. The number of nitrogens with zero attached hydrogens (tertiary/aromatic N) is 1. The van der Waals surface area contributed by atoms with Gasteiger partial charge in [0.05, 0.1) is 11.4 Å². The summed E-state index contributed by atoms with van der Waals surface area (Å²) < 4.78 is 32.1. The Labute approximate surface area is 143 Å². The molecule has 1 aromatic rings. The van der Waals surface area contributed by atoms with E-state index < -0.39 is 33.3 Å². The van der Waals surface area contributed by atoms with E-state index in [1.807, 2.05) is 50.2 Å². The lowest BCUT2D eigenvalue weighted by Gasteiger charge is -2.45. The second-order valence-electron chi connectivity index (χ2n) is 6.93. The predicted molar refractivity (Wildman–Crippen MR) is 91.3 cm³/mol. The van der Waals surface area contributed by atoms with Gasteiger partial charge in [-0.1, -0.05) is 24.3 Å². The normalized spacial score (nSPS) is 28.3. The lowest BCUT2D eigenvalue weighted by Crippen LogP contribution is -2.52. The molecule has 0 saturated heterocycles. The number of benzene rings is 1. The van der Waals surface area contributed by atoms with E-state index in [9.17, 15) is 22.9 Å². The van der Waals surface area contributed by atoms with Crippen LogP contribution in [0.3, 0.4) is 0 Å². The summed E-state index contributed by atoms with van der Waals surface area (Å²) >= 11 is 0. The maximum atomic E-state index is 12.4. The zero-order chi connectivity index (χ0) is 18.1. The third-order valence-corrected chi connectivity index (χ3v) is 5.61. The fourth-order valence-electron chi connectivity index (χ4n) is 3.74. The molecule has 0 bridgehead atoms. The molecule has 3 atom stereocenters. The van der Waals surface area contributed by atoms with Gasteiger partial charge in [0.2, 0.25) is 0 Å². The fraction of sp³-hybridized carbons (Fsp3) is 0.588. The Bertz CT molecular complexity index is 715. The van der Waals surface area contributed by atoms with Gasteiger partial charge in [0.1, 0.15) is 5.78 Å². The van der Waals surface area contributed by atoms with E-state index in [-0.39, 0.29) is 18.6 Å². The number of hydrogen-bond acceptors (Lipinski definition) is 5. The van der Waals surface area contributed by atoms with Crippen LogP contribution in [0.5, 0.6) is 0 Å². The quantitative estimate of drug-likeness (QED) is 0.772. The van der Waals surface area contributed by atoms with E-state index in [1.54, 1.807) is 0 Å². The maximum absolute atomic E-state index is 12.4. The van der Waals surface area contributed by atoms with Crippen molar-refractivity contribution in [1.29, 1.82) is 0 Å². The van der Waals surface area contributed by atoms with E-state index >= 15 is 0 Å². The van der Waals surface area contributed by atoms with Crippen LogP contribution in [0.15, 0.2) is 24.3 Å². The van der Waals surface area contributed by atoms with E-state index in [0.717, 1.165) is 5.56 Å². The summed E-state index contributed by atoms with van der Waals surface area (Å²) in [5, 5.41) is 11.5. The summed E-state index contributed by atoms with van der Waals surface area (Å²) in [6.07, 6.45) is 0.339. The molecule has 6 nitrogen and oxygen atoms in total. The van der Waals surface area contributed by atoms with Crippen LogP contribution < -0.4 is 0 Å². The number of rotatable bonds is 5. The highest BCUT2D eigenvalue weighted by atomic mass is 32.2. The molecule has 2 N–H and O–H groups in total. The first-order valence-corrected chi connectivity index (χ1v) is 9.56. The maximum Gasteiger partial charge on any atom is 0.265 e. The summed E-state index contributed by atoms with van der Waals surface area (Å²) in [7, 11) is -0.704. The molecule has 1 saturated carbocycles. The van der Waals surface area contributed by atoms with Crippen LogP contribution >= 0.6 is 0 Å². The monoisotopic (exact) mass is 355 g/mol. The number of Topliss-reactive ketones (excluding diaryl/α,β-unsaturated/α-hetero) is 1. The molecular weight excluding hydrogens is 330 g/mol. The van der Waals surface area contributed by atoms with Gasteiger partial charge in [-0.25, -0.2) is 0 Å². The molecule has 1 fully saturated rings. The molecule has 0 heterocycles. The molecule has 2 rings (SSSR count). The van der Waals surface area contributed by atoms with Crippen molar-refractivity contribution in [2.75, 3.05) is 26.4 Å². The third-order valence-electron chi connectivity index (χ3n) is 4.83. The Morgan fingerprint density at radius 3 is 2.46 bits per heavy atom. The van der Waals surface area contributed by atoms with Crippen LogP contribution in [0, 0.1) is 18.8 Å². The first-order chi connectivity index (χ1) is 11.0. The van der Waals surface area contributed by atoms with Gasteiger partial charge in [0.15, 0.2) is 0 Å². The number of carbonyl (C=O) groups is 1. The van der Waals surface area contributed by atoms with Crippen molar-refractivity contribution in [2.45, 2.75) is 25.4 Å². The summed E-state index contributed by atoms with van der Waals surface area (Å²) in [4.78, 5) is 14.2. The molecule has 0 radical (unpaired) electrons. The standard InChI is InChI=1S/C17H25NO5S/c1-12-6-4-5-7-14(12)17(20)9-8-16(19)13(11-24(21,22)23)15(17)10-18(2)3/h4-7,13,15,20H,8-11H2,1-3H3,(H,21,22,23). The Morgan fingerprint density at radius 1 is 1.29 bits per heavy atom. The van der Waals surface area contributed by atoms with Crippen molar-refractivity contribution in [1.82, 2.24) is 4.90 Å². The SMILES string of the molecule is Cc1ccccc1C1(O)CCC(=O)C(CS(=O)(=O)O)C1CN(C)C. The van der Waals surface area contributed by atoms with Gasteiger partial charge in [0.25, 0.3) is 10.1 Å². The smallest absolute Gasteiger partial charge is 0.265 e. The first-order valence-electron chi connectivity index (χ1n) is 7.95. The number of ketones is 1. The Kier molecular flexibility index (Phi) is 5.49. The number of hydrogen-bond donors (Lipinski definition) is 2. The second-order valence-corrected chi connectivity index (χ2v) is 8.43. The van der Waals surface area contributed by atoms with Crippen LogP contribution in [0.25, 0.3) is 0 Å². The van der Waals surface area contributed by atoms with Crippen molar-refractivity contribution < 1.29 is 22.9 Å². The Balaban J connectivity index is 2.53. The number of aliphatic hydroxyl groups is 1. The van der Waals surface area contributed by atoms with Gasteiger partial charge >= 0.3 is 0 Å². The zero-order valence-corrected chi connectivity index (χ0v) is 15.1. The summed E-state index contributed by atoms with van der Waals surface area (Å²) in [6, 6.07) is 7.39. The average molecular weight is 355 g/mol. The lowest BCUT2D eigenvalue weighted by atomic mass is 9.65. The van der Waals surface area contributed by atoms with Gasteiger partial charge in [-0.15, -0.1) is 0 Å². The topological polar surface area (TPSA) is 94.9 Å². The Hall–Kier alpha value is -1.28. The van der Waals surface area contributed by atoms with Crippen molar-refractivity contribution >= 4 is 15.9 Å². The van der Waals surface area contributed by atoms with Crippen LogP contribution in [-0.4, -0.2) is 55.2 Å². The van der Waals surface area contributed by atoms with Crippen molar-refractivity contribution in [3.8, 4) is 0 Å². The van der Waals surface area contributed by atoms with Crippen molar-refractivity contribution in [3.05, 3.63) is 35.4 Å². The zero-order valence-electron chi connectivity index (χ0n) is 14.3. The lowest BCUT2D eigenvalue weighted by molar-refractivity contribution is -0.142. The van der Waals surface area contributed by atoms with E-state index in [0.29, 0.717) is 12.1 Å². The van der Waals surface area contributed by atoms with E-state index in [1.165, 1.54) is 0 Å². The molecule has 7 heteroatoms. The second kappa shape index (κ2) is 6.92. The van der Waals surface area contributed by atoms with Gasteiger partial charge in [-0.2, -0.15) is 8.42 Å². The highest BCUT2D eigenvalue weighted by molar-refractivity contribution is 7.85. The largest absolute Gasteiger partial charge is 0.385 e. The molecular formula is C17H25NO5S. The molecule has 1 aliphatic rings. The highest BCUT2D eigenvalue weighted by Crippen LogP contribution is 2.45. The van der Waals surface area contributed by atoms with Gasteiger partial charge in [-0.05, 0) is 38.6 Å². The van der Waals surface area contributed by atoms with Gasteiger partial charge < -0.3 is 10.0 Å². The molecule has 0 aromatic heterocycles. The summed E-state index contributed by atoms with van der Waals surface area (Å²) in [5.74, 6) is -2.42. The minimum absolute atomic E-state index is 0.0922. The van der Waals surface area contributed by atoms with Crippen LogP contribution in [0.2, 0.25) is 0 Å². The summed E-state index contributed by atoms with van der Waals surface area (Å²) in [6.45, 7) is 2.23. The molecule has 0 spiro atoms. The van der Waals surface area contributed by atoms with Crippen molar-refractivity contribution in [2.24, 2.45) is 11.8 Å². The molecule has 24 heavy (non-hydrogen) atoms. The minimum atomic E-state index is -4.32. The van der Waals surface area contributed by atoms with Crippen molar-refractivity contribution in [3.63, 3.8) is 0 Å². The molecule has 134 valence electrons. The van der Waals surface area contributed by atoms with Crippen LogP contribution in [0.1, 0.15) is 24.0 Å². The van der Waals surface area contributed by atoms with Crippen LogP contribution in [-0.2, 0) is 20.5 Å². The molecule has 3 unspecified atom stereocenters. The number of aryl methyl sites for hydroxylation is 1. The number of carbonyl (C=O) groups excluding carboxylic acids is 1. The van der Waals surface area contributed by atoms with Gasteiger partial charge in [0, 0.05) is 24.8 Å². The highest BCUT2D eigenvalue weighted by Gasteiger charge is 2.50. The summed E-state index contributed by atoms with van der Waals surface area (Å²) in [5.41, 5.74) is 0.298. The van der Waals surface area contributed by atoms with Gasteiger partial charge in [-0.3, -0.25) is 9.35 Å². The fourth-order valence-corrected chi connectivity index (χ4v) is 4.61. The van der Waals surface area contributed by atoms with E-state index in [4.69, 9.17) is 0 Å². The van der Waals surface area contributed by atoms with E-state index in [2.05, 4.69) is 0 Å². The molecule has 0 aliphatic heterocycles. The Morgan fingerprint density at radius 2 is 1.92 bits per heavy atom. The third kappa shape index (κ3) is 4.03. The first kappa shape index (κ1) is 19.1. The molecule has 1 aromatic carbocycles. The molecule has 0 amide bonds. The minimum Gasteiger partial charge on any atom is -0.385 e. The predicted octanol–water partition coefficient (Wildman–Crippen LogP) is 1.23. The molecule has 1 aliphatic carbocycles. The van der Waals surface area contributed by atoms with Crippen LogP contribution in [0.4, 0.5) is 0 Å².